The van der Waals surface area contributed by atoms with Crippen LogP contribution in [0.15, 0.2) is 12.1 Å². The molecule has 1 fully saturated rings. The van der Waals surface area contributed by atoms with E-state index >= 15 is 0 Å². The molecule has 2 heteroatoms. The van der Waals surface area contributed by atoms with Crippen molar-refractivity contribution < 1.29 is 0 Å². The van der Waals surface area contributed by atoms with Gasteiger partial charge in [0.1, 0.15) is 0 Å². The molecule has 0 unspecified atom stereocenters. The lowest BCUT2D eigenvalue weighted by atomic mass is 9.95. The van der Waals surface area contributed by atoms with Crippen LogP contribution in [-0.2, 0) is 6.42 Å². The Morgan fingerprint density at radius 3 is 2.47 bits per heavy atom. The van der Waals surface area contributed by atoms with Gasteiger partial charge in [0.05, 0.1) is 0 Å². The van der Waals surface area contributed by atoms with Gasteiger partial charge in [0.15, 0.2) is 0 Å². The minimum Gasteiger partial charge on any atom is -0.314 e. The molecule has 2 rings (SSSR count). The standard InChI is InChI=1S/C17H28N2/c1-14-7-8-17(16(3)15(14)2)6-4-5-11-19-12-9-18-10-13-19/h7-8,18H,4-6,9-13H2,1-3H3. The van der Waals surface area contributed by atoms with Crippen molar-refractivity contribution in [2.24, 2.45) is 0 Å². The Labute approximate surface area is 118 Å². The molecule has 1 heterocycles. The maximum Gasteiger partial charge on any atom is 0.0107 e. The Bertz CT molecular complexity index is 406. The van der Waals surface area contributed by atoms with E-state index in [1.54, 1.807) is 5.56 Å². The first-order valence-corrected chi connectivity index (χ1v) is 7.67. The number of piperazine rings is 1. The average Bonchev–Trinajstić information content (AvgIpc) is 2.44. The van der Waals surface area contributed by atoms with E-state index in [1.165, 1.54) is 55.6 Å². The molecule has 1 saturated heterocycles. The molecule has 0 saturated carbocycles. The van der Waals surface area contributed by atoms with Crippen LogP contribution >= 0.6 is 0 Å². The zero-order valence-electron chi connectivity index (χ0n) is 12.8. The lowest BCUT2D eigenvalue weighted by Crippen LogP contribution is -2.43. The Balaban J connectivity index is 1.75. The van der Waals surface area contributed by atoms with Gasteiger partial charge in [-0.05, 0) is 68.8 Å². The summed E-state index contributed by atoms with van der Waals surface area (Å²) in [5, 5.41) is 3.41. The van der Waals surface area contributed by atoms with E-state index in [2.05, 4.69) is 43.1 Å². The van der Waals surface area contributed by atoms with Crippen LogP contribution in [-0.4, -0.2) is 37.6 Å². The van der Waals surface area contributed by atoms with Crippen LogP contribution in [0, 0.1) is 20.8 Å². The predicted molar refractivity (Wildman–Crippen MR) is 82.9 cm³/mol. The Morgan fingerprint density at radius 1 is 1.00 bits per heavy atom. The highest BCUT2D eigenvalue weighted by Gasteiger charge is 2.09. The molecular formula is C17H28N2. The number of aryl methyl sites for hydroxylation is 2. The van der Waals surface area contributed by atoms with E-state index in [-0.39, 0.29) is 0 Å². The number of unbranched alkanes of at least 4 members (excludes halogenated alkanes) is 1. The van der Waals surface area contributed by atoms with Crippen LogP contribution < -0.4 is 5.32 Å². The molecule has 1 aromatic rings. The fourth-order valence-corrected chi connectivity index (χ4v) is 2.87. The van der Waals surface area contributed by atoms with Gasteiger partial charge in [0, 0.05) is 26.2 Å². The van der Waals surface area contributed by atoms with Gasteiger partial charge in [-0.2, -0.15) is 0 Å². The largest absolute Gasteiger partial charge is 0.314 e. The zero-order chi connectivity index (χ0) is 13.7. The molecule has 19 heavy (non-hydrogen) atoms. The maximum atomic E-state index is 3.41. The number of hydrogen-bond acceptors (Lipinski definition) is 2. The van der Waals surface area contributed by atoms with Crippen molar-refractivity contribution in [1.29, 1.82) is 0 Å². The van der Waals surface area contributed by atoms with E-state index in [1.807, 2.05) is 0 Å². The highest BCUT2D eigenvalue weighted by molar-refractivity contribution is 5.38. The predicted octanol–water partition coefficient (Wildman–Crippen LogP) is 2.84. The summed E-state index contributed by atoms with van der Waals surface area (Å²) in [5.74, 6) is 0. The van der Waals surface area contributed by atoms with Crippen molar-refractivity contribution in [3.8, 4) is 0 Å². The van der Waals surface area contributed by atoms with Gasteiger partial charge in [-0.3, -0.25) is 0 Å². The molecule has 1 N–H and O–H groups in total. The quantitative estimate of drug-likeness (QED) is 0.819. The van der Waals surface area contributed by atoms with E-state index in [0.717, 1.165) is 13.1 Å². The Hall–Kier alpha value is -0.860. The number of hydrogen-bond donors (Lipinski definition) is 1. The van der Waals surface area contributed by atoms with Crippen LogP contribution in [0.25, 0.3) is 0 Å². The van der Waals surface area contributed by atoms with Crippen molar-refractivity contribution in [1.82, 2.24) is 10.2 Å². The van der Waals surface area contributed by atoms with Gasteiger partial charge in [0.25, 0.3) is 0 Å². The van der Waals surface area contributed by atoms with Crippen LogP contribution in [0.1, 0.15) is 35.1 Å². The van der Waals surface area contributed by atoms with E-state index in [4.69, 9.17) is 0 Å². The summed E-state index contributed by atoms with van der Waals surface area (Å²) in [7, 11) is 0. The smallest absolute Gasteiger partial charge is 0.0107 e. The first kappa shape index (κ1) is 14.5. The summed E-state index contributed by atoms with van der Waals surface area (Å²) in [6, 6.07) is 4.59. The lowest BCUT2D eigenvalue weighted by Gasteiger charge is -2.27. The molecule has 1 aromatic carbocycles. The summed E-state index contributed by atoms with van der Waals surface area (Å²) >= 11 is 0. The van der Waals surface area contributed by atoms with Gasteiger partial charge < -0.3 is 10.2 Å². The molecule has 2 nitrogen and oxygen atoms in total. The molecule has 0 amide bonds. The Kier molecular flexibility index (Phi) is 5.41. The first-order chi connectivity index (χ1) is 9.18. The normalized spacial score (nSPS) is 16.8. The second-order valence-corrected chi connectivity index (χ2v) is 5.84. The van der Waals surface area contributed by atoms with Crippen LogP contribution in [0.2, 0.25) is 0 Å². The highest BCUT2D eigenvalue weighted by atomic mass is 15.2. The second-order valence-electron chi connectivity index (χ2n) is 5.84. The molecule has 0 atom stereocenters. The van der Waals surface area contributed by atoms with Gasteiger partial charge >= 0.3 is 0 Å². The third kappa shape index (κ3) is 4.05. The summed E-state index contributed by atoms with van der Waals surface area (Å²) in [5.41, 5.74) is 5.94. The monoisotopic (exact) mass is 260 g/mol. The molecule has 0 aromatic heterocycles. The molecule has 106 valence electrons. The number of benzene rings is 1. The SMILES string of the molecule is Cc1ccc(CCCCN2CCNCC2)c(C)c1C. The summed E-state index contributed by atoms with van der Waals surface area (Å²) in [4.78, 5) is 2.59. The average molecular weight is 260 g/mol. The van der Waals surface area contributed by atoms with Crippen LogP contribution in [0.3, 0.4) is 0 Å². The van der Waals surface area contributed by atoms with Crippen molar-refractivity contribution in [2.75, 3.05) is 32.7 Å². The fourth-order valence-electron chi connectivity index (χ4n) is 2.87. The van der Waals surface area contributed by atoms with Crippen molar-refractivity contribution in [3.05, 3.63) is 34.4 Å². The van der Waals surface area contributed by atoms with Gasteiger partial charge in [-0.1, -0.05) is 12.1 Å². The third-order valence-corrected chi connectivity index (χ3v) is 4.55. The second kappa shape index (κ2) is 7.06. The van der Waals surface area contributed by atoms with Gasteiger partial charge in [-0.25, -0.2) is 0 Å². The molecular weight excluding hydrogens is 232 g/mol. The number of rotatable bonds is 5. The summed E-state index contributed by atoms with van der Waals surface area (Å²) in [6.45, 7) is 12.8. The van der Waals surface area contributed by atoms with Gasteiger partial charge in [-0.15, -0.1) is 0 Å². The van der Waals surface area contributed by atoms with Crippen molar-refractivity contribution in [3.63, 3.8) is 0 Å². The van der Waals surface area contributed by atoms with E-state index in [9.17, 15) is 0 Å². The van der Waals surface area contributed by atoms with E-state index < -0.39 is 0 Å². The fraction of sp³-hybridized carbons (Fsp3) is 0.647. The maximum absolute atomic E-state index is 3.41. The van der Waals surface area contributed by atoms with Crippen LogP contribution in [0.4, 0.5) is 0 Å². The first-order valence-electron chi connectivity index (χ1n) is 7.67. The molecule has 0 radical (unpaired) electrons. The van der Waals surface area contributed by atoms with E-state index in [0.29, 0.717) is 0 Å². The summed E-state index contributed by atoms with van der Waals surface area (Å²) < 4.78 is 0. The molecule has 1 aliphatic heterocycles. The minimum absolute atomic E-state index is 1.16. The third-order valence-electron chi connectivity index (χ3n) is 4.55. The molecule has 0 spiro atoms. The molecule has 1 aliphatic rings. The zero-order valence-corrected chi connectivity index (χ0v) is 12.8. The topological polar surface area (TPSA) is 15.3 Å². The molecule has 0 aliphatic carbocycles. The van der Waals surface area contributed by atoms with Crippen molar-refractivity contribution >= 4 is 0 Å². The molecule has 0 bridgehead atoms. The Morgan fingerprint density at radius 2 is 1.74 bits per heavy atom. The summed E-state index contributed by atoms with van der Waals surface area (Å²) in [6.07, 6.45) is 3.87. The van der Waals surface area contributed by atoms with Crippen LogP contribution in [0.5, 0.6) is 0 Å². The van der Waals surface area contributed by atoms with Crippen molar-refractivity contribution in [2.45, 2.75) is 40.0 Å². The number of nitrogens with one attached hydrogen (secondary N) is 1. The minimum atomic E-state index is 1.16. The highest BCUT2D eigenvalue weighted by Crippen LogP contribution is 2.18. The van der Waals surface area contributed by atoms with Gasteiger partial charge in [0.2, 0.25) is 0 Å². The lowest BCUT2D eigenvalue weighted by molar-refractivity contribution is 0.237. The number of nitrogens with zero attached hydrogens (tertiary/aromatic N) is 1.